The molecule has 2 aromatic carbocycles. The number of amides is 1. The van der Waals surface area contributed by atoms with Gasteiger partial charge in [0.2, 0.25) is 11.7 Å². The number of nitro benzene ring substituents is 1. The summed E-state index contributed by atoms with van der Waals surface area (Å²) in [5, 5.41) is 13.1. The first-order chi connectivity index (χ1) is 9.95. The summed E-state index contributed by atoms with van der Waals surface area (Å²) in [7, 11) is 0. The van der Waals surface area contributed by atoms with Crippen LogP contribution in [0.4, 0.5) is 15.8 Å². The number of carbonyl (C=O) groups is 1. The Morgan fingerprint density at radius 2 is 2.05 bits per heavy atom. The second-order valence-electron chi connectivity index (χ2n) is 4.28. The minimum absolute atomic E-state index is 0.116. The number of rotatable bonds is 4. The van der Waals surface area contributed by atoms with Crippen molar-refractivity contribution in [2.45, 2.75) is 6.42 Å². The van der Waals surface area contributed by atoms with E-state index >= 15 is 0 Å². The van der Waals surface area contributed by atoms with Crippen LogP contribution < -0.4 is 5.32 Å². The van der Waals surface area contributed by atoms with Crippen molar-refractivity contribution in [3.05, 3.63) is 68.4 Å². The molecule has 0 unspecified atom stereocenters. The summed E-state index contributed by atoms with van der Waals surface area (Å²) >= 11 is 3.30. The number of nitrogens with one attached hydrogen (secondary N) is 1. The Morgan fingerprint density at radius 1 is 1.29 bits per heavy atom. The Labute approximate surface area is 128 Å². The standard InChI is InChI=1S/C14H10BrFN2O3/c15-10-3-1-2-9(6-10)7-14(19)17-11-4-5-12(16)13(8-11)18(20)21/h1-6,8H,7H2,(H,17,19). The van der Waals surface area contributed by atoms with Crippen molar-refractivity contribution in [2.75, 3.05) is 5.32 Å². The highest BCUT2D eigenvalue weighted by Crippen LogP contribution is 2.22. The van der Waals surface area contributed by atoms with Crippen molar-refractivity contribution in [3.63, 3.8) is 0 Å². The Kier molecular flexibility index (Phi) is 4.64. The van der Waals surface area contributed by atoms with E-state index in [1.54, 1.807) is 18.2 Å². The third-order valence-electron chi connectivity index (χ3n) is 2.68. The third kappa shape index (κ3) is 4.09. The van der Waals surface area contributed by atoms with Gasteiger partial charge in [0, 0.05) is 16.2 Å². The number of carbonyl (C=O) groups excluding carboxylic acids is 1. The molecule has 2 rings (SSSR count). The highest BCUT2D eigenvalue weighted by Gasteiger charge is 2.15. The number of anilines is 1. The van der Waals surface area contributed by atoms with E-state index in [0.717, 1.165) is 22.2 Å². The molecule has 0 bridgehead atoms. The van der Waals surface area contributed by atoms with Crippen LogP contribution in [0.5, 0.6) is 0 Å². The Balaban J connectivity index is 2.09. The molecule has 1 N–H and O–H groups in total. The first kappa shape index (κ1) is 15.1. The molecule has 0 heterocycles. The monoisotopic (exact) mass is 352 g/mol. The van der Waals surface area contributed by atoms with Crippen LogP contribution >= 0.6 is 15.9 Å². The quantitative estimate of drug-likeness (QED) is 0.673. The molecule has 0 fully saturated rings. The molecule has 5 nitrogen and oxygen atoms in total. The van der Waals surface area contributed by atoms with Gasteiger partial charge in [-0.15, -0.1) is 0 Å². The second-order valence-corrected chi connectivity index (χ2v) is 5.19. The van der Waals surface area contributed by atoms with Crippen LogP contribution in [0.15, 0.2) is 46.9 Å². The minimum Gasteiger partial charge on any atom is -0.326 e. The van der Waals surface area contributed by atoms with E-state index in [-0.39, 0.29) is 18.0 Å². The van der Waals surface area contributed by atoms with E-state index in [2.05, 4.69) is 21.2 Å². The van der Waals surface area contributed by atoms with Crippen LogP contribution in [0.3, 0.4) is 0 Å². The molecule has 0 saturated carbocycles. The van der Waals surface area contributed by atoms with Gasteiger partial charge in [-0.05, 0) is 29.8 Å². The molecule has 2 aromatic rings. The molecular weight excluding hydrogens is 343 g/mol. The van der Waals surface area contributed by atoms with Crippen LogP contribution in [-0.4, -0.2) is 10.8 Å². The number of nitro groups is 1. The van der Waals surface area contributed by atoms with Crippen LogP contribution in [0.25, 0.3) is 0 Å². The molecule has 0 aliphatic heterocycles. The van der Waals surface area contributed by atoms with Gasteiger partial charge in [-0.2, -0.15) is 4.39 Å². The fourth-order valence-electron chi connectivity index (χ4n) is 1.77. The zero-order valence-corrected chi connectivity index (χ0v) is 12.3. The predicted molar refractivity (Wildman–Crippen MR) is 79.5 cm³/mol. The maximum absolute atomic E-state index is 13.2. The Bertz CT molecular complexity index is 706. The van der Waals surface area contributed by atoms with Crippen molar-refractivity contribution >= 4 is 33.2 Å². The molecule has 0 radical (unpaired) electrons. The van der Waals surface area contributed by atoms with Crippen molar-refractivity contribution in [1.29, 1.82) is 0 Å². The molecule has 21 heavy (non-hydrogen) atoms. The van der Waals surface area contributed by atoms with Gasteiger partial charge < -0.3 is 5.32 Å². The summed E-state index contributed by atoms with van der Waals surface area (Å²) in [4.78, 5) is 21.7. The third-order valence-corrected chi connectivity index (χ3v) is 3.17. The molecule has 0 atom stereocenters. The normalized spacial score (nSPS) is 10.2. The smallest absolute Gasteiger partial charge is 0.306 e. The second kappa shape index (κ2) is 6.45. The fraction of sp³-hybridized carbons (Fsp3) is 0.0714. The SMILES string of the molecule is O=C(Cc1cccc(Br)c1)Nc1ccc(F)c([N+](=O)[O-])c1. The lowest BCUT2D eigenvalue weighted by Gasteiger charge is -2.06. The predicted octanol–water partition coefficient (Wildman–Crippen LogP) is 3.68. The molecule has 0 saturated heterocycles. The molecule has 7 heteroatoms. The van der Waals surface area contributed by atoms with Gasteiger partial charge in [0.05, 0.1) is 11.3 Å². The van der Waals surface area contributed by atoms with Crippen molar-refractivity contribution in [1.82, 2.24) is 0 Å². The van der Waals surface area contributed by atoms with Crippen molar-refractivity contribution in [2.24, 2.45) is 0 Å². The maximum atomic E-state index is 13.2. The lowest BCUT2D eigenvalue weighted by atomic mass is 10.1. The average molecular weight is 353 g/mol. The van der Waals surface area contributed by atoms with E-state index < -0.39 is 16.4 Å². The Morgan fingerprint density at radius 3 is 2.71 bits per heavy atom. The maximum Gasteiger partial charge on any atom is 0.306 e. The number of benzene rings is 2. The summed E-state index contributed by atoms with van der Waals surface area (Å²) in [6.45, 7) is 0. The minimum atomic E-state index is -0.940. The average Bonchev–Trinajstić information content (AvgIpc) is 2.40. The van der Waals surface area contributed by atoms with Gasteiger partial charge in [-0.3, -0.25) is 14.9 Å². The lowest BCUT2D eigenvalue weighted by molar-refractivity contribution is -0.387. The highest BCUT2D eigenvalue weighted by molar-refractivity contribution is 9.10. The molecule has 0 aliphatic carbocycles. The summed E-state index contributed by atoms with van der Waals surface area (Å²) < 4.78 is 14.0. The summed E-state index contributed by atoms with van der Waals surface area (Å²) in [5.41, 5.74) is 0.303. The first-order valence-electron chi connectivity index (χ1n) is 5.94. The molecule has 1 amide bonds. The zero-order valence-electron chi connectivity index (χ0n) is 10.7. The van der Waals surface area contributed by atoms with E-state index in [4.69, 9.17) is 0 Å². The lowest BCUT2D eigenvalue weighted by Crippen LogP contribution is -2.14. The largest absolute Gasteiger partial charge is 0.326 e. The topological polar surface area (TPSA) is 72.2 Å². The van der Waals surface area contributed by atoms with Crippen molar-refractivity contribution < 1.29 is 14.1 Å². The van der Waals surface area contributed by atoms with Gasteiger partial charge in [0.15, 0.2) is 0 Å². The van der Waals surface area contributed by atoms with Gasteiger partial charge in [0.1, 0.15) is 0 Å². The van der Waals surface area contributed by atoms with Gasteiger partial charge in [-0.1, -0.05) is 28.1 Å². The van der Waals surface area contributed by atoms with E-state index in [0.29, 0.717) is 0 Å². The number of hydrogen-bond acceptors (Lipinski definition) is 3. The van der Waals surface area contributed by atoms with Crippen LogP contribution in [0.2, 0.25) is 0 Å². The van der Waals surface area contributed by atoms with Crippen LogP contribution in [0, 0.1) is 15.9 Å². The zero-order chi connectivity index (χ0) is 15.4. The van der Waals surface area contributed by atoms with Crippen LogP contribution in [-0.2, 0) is 11.2 Å². The van der Waals surface area contributed by atoms with E-state index in [1.807, 2.05) is 6.07 Å². The molecule has 0 aromatic heterocycles. The molecule has 108 valence electrons. The number of halogens is 2. The number of hydrogen-bond donors (Lipinski definition) is 1. The summed E-state index contributed by atoms with van der Waals surface area (Å²) in [6, 6.07) is 10.5. The van der Waals surface area contributed by atoms with E-state index in [1.165, 1.54) is 6.07 Å². The van der Waals surface area contributed by atoms with Gasteiger partial charge >= 0.3 is 5.69 Å². The molecule has 0 spiro atoms. The first-order valence-corrected chi connectivity index (χ1v) is 6.73. The van der Waals surface area contributed by atoms with Gasteiger partial charge in [-0.25, -0.2) is 0 Å². The van der Waals surface area contributed by atoms with E-state index in [9.17, 15) is 19.3 Å². The summed E-state index contributed by atoms with van der Waals surface area (Å²) in [5.74, 6) is -1.28. The van der Waals surface area contributed by atoms with Crippen molar-refractivity contribution in [3.8, 4) is 0 Å². The van der Waals surface area contributed by atoms with Crippen LogP contribution in [0.1, 0.15) is 5.56 Å². The fourth-order valence-corrected chi connectivity index (χ4v) is 2.21. The molecule has 0 aliphatic rings. The van der Waals surface area contributed by atoms with Gasteiger partial charge in [0.25, 0.3) is 0 Å². The number of nitrogens with zero attached hydrogens (tertiary/aromatic N) is 1. The highest BCUT2D eigenvalue weighted by atomic mass is 79.9. The summed E-state index contributed by atoms with van der Waals surface area (Å²) in [6.07, 6.45) is 0.116. The Hall–Kier alpha value is -2.28. The molecular formula is C14H10BrFN2O3.